The van der Waals surface area contributed by atoms with Crippen molar-refractivity contribution in [3.05, 3.63) is 125 Å². The number of carbonyl (C=O) groups is 1. The molecule has 6 unspecified atom stereocenters. The van der Waals surface area contributed by atoms with E-state index in [-0.39, 0.29) is 57.1 Å². The normalized spacial score (nSPS) is 23.3. The fourth-order valence-electron chi connectivity index (χ4n) is 9.94. The number of benzene rings is 4. The molecule has 2 aliphatic carbocycles. The highest BCUT2D eigenvalue weighted by atomic mass is 16.7. The van der Waals surface area contributed by atoms with Crippen LogP contribution in [0.25, 0.3) is 10.8 Å². The highest BCUT2D eigenvalue weighted by Crippen LogP contribution is 2.62. The molecule has 1 saturated carbocycles. The van der Waals surface area contributed by atoms with E-state index >= 15 is 0 Å². The number of carbonyl (C=O) groups excluding carboxylic acids is 1. The molecule has 0 aromatic heterocycles. The van der Waals surface area contributed by atoms with Gasteiger partial charge in [0.2, 0.25) is 5.79 Å². The molecule has 0 spiro atoms. The molecule has 10 nitrogen and oxygen atoms in total. The Bertz CT molecular complexity index is 2290. The van der Waals surface area contributed by atoms with Crippen molar-refractivity contribution in [3.63, 3.8) is 0 Å². The van der Waals surface area contributed by atoms with Gasteiger partial charge in [0, 0.05) is 31.1 Å². The second kappa shape index (κ2) is 20.1. The number of rotatable bonds is 18. The number of aryl methyl sites for hydroxylation is 2. The first-order valence-corrected chi connectivity index (χ1v) is 22.8. The molecule has 3 aliphatic rings. The number of oxime groups is 1. The molecule has 63 heavy (non-hydrogen) atoms. The number of hydrogen-bond acceptors (Lipinski definition) is 9. The van der Waals surface area contributed by atoms with Gasteiger partial charge in [-0.2, -0.15) is 0 Å². The van der Waals surface area contributed by atoms with Crippen molar-refractivity contribution in [3.8, 4) is 17.2 Å². The number of amides is 1. The molecule has 0 radical (unpaired) electrons. The van der Waals surface area contributed by atoms with Crippen molar-refractivity contribution in [2.24, 2.45) is 22.9 Å². The smallest absolute Gasteiger partial charge is 0.410 e. The minimum atomic E-state index is -1.43. The van der Waals surface area contributed by atoms with Gasteiger partial charge in [0.25, 0.3) is 0 Å². The predicted molar refractivity (Wildman–Crippen MR) is 248 cm³/mol. The first-order chi connectivity index (χ1) is 30.4. The van der Waals surface area contributed by atoms with E-state index in [0.717, 1.165) is 70.2 Å². The van der Waals surface area contributed by atoms with E-state index in [0.29, 0.717) is 24.3 Å². The Morgan fingerprint density at radius 2 is 1.67 bits per heavy atom. The molecule has 0 saturated heterocycles. The van der Waals surface area contributed by atoms with Crippen LogP contribution in [0.4, 0.5) is 4.79 Å². The van der Waals surface area contributed by atoms with Crippen molar-refractivity contribution in [2.45, 2.75) is 116 Å². The predicted octanol–water partition coefficient (Wildman–Crippen LogP) is 11.3. The van der Waals surface area contributed by atoms with Crippen LogP contribution in [-0.4, -0.2) is 70.8 Å². The highest BCUT2D eigenvalue weighted by molar-refractivity contribution is 6.03. The number of aliphatic hydroxyl groups excluding tert-OH is 2. The highest BCUT2D eigenvalue weighted by Gasteiger charge is 2.65. The van der Waals surface area contributed by atoms with E-state index in [4.69, 9.17) is 28.9 Å². The first kappa shape index (κ1) is 45.9. The standard InChI is InChI=1S/C53H66N2O8/c1-8-29-60-53-48(55(51(58)59-9-2)34-39-20-16-19-37-17-10-11-21-42(37)39)33-46(54-63-52(5,6)7)44-31-38(18-12-14-27-56)43(22-13-15-28-57)49(50(44)53)45-32-41(25-26-47(45)62-53)61-40-24-23-35(3)36(4)30-40/h8,10-11,16-17,19-21,23-26,30-32,38,43,48-50,56-57H,1,9,12-15,18,22,27-29,33-34H2,2-7H3. The fourth-order valence-corrected chi connectivity index (χ4v) is 9.94. The van der Waals surface area contributed by atoms with Crippen molar-refractivity contribution in [2.75, 3.05) is 26.4 Å². The topological polar surface area (TPSA) is 119 Å². The minimum Gasteiger partial charge on any atom is -0.459 e. The zero-order valence-corrected chi connectivity index (χ0v) is 38.0. The van der Waals surface area contributed by atoms with Crippen molar-refractivity contribution < 1.29 is 38.8 Å². The molecule has 1 amide bonds. The summed E-state index contributed by atoms with van der Waals surface area (Å²) < 4.78 is 27.2. The summed E-state index contributed by atoms with van der Waals surface area (Å²) in [6.45, 7) is 16.8. The van der Waals surface area contributed by atoms with Crippen LogP contribution < -0.4 is 9.47 Å². The lowest BCUT2D eigenvalue weighted by molar-refractivity contribution is -0.256. The van der Waals surface area contributed by atoms with Gasteiger partial charge in [-0.1, -0.05) is 78.7 Å². The number of unbranched alkanes of at least 4 members (excludes halogenated alkanes) is 2. The Kier molecular flexibility index (Phi) is 14.6. The SMILES string of the molecule is C=CCOC12Oc3ccc(Oc4ccc(C)c(C)c4)cc3C3C(CCCCO)C(CCCCO)C=C(C(=NOC(C)(C)C)CC1N(Cc1cccc4ccccc14)C(=O)OCC)C32. The Morgan fingerprint density at radius 3 is 2.40 bits per heavy atom. The van der Waals surface area contributed by atoms with Gasteiger partial charge in [-0.3, -0.25) is 4.90 Å². The van der Waals surface area contributed by atoms with Gasteiger partial charge in [-0.05, 0) is 142 Å². The number of aliphatic hydroxyl groups is 2. The number of nitrogens with zero attached hydrogens (tertiary/aromatic N) is 2. The van der Waals surface area contributed by atoms with Gasteiger partial charge in [-0.25, -0.2) is 4.79 Å². The molecule has 1 fully saturated rings. The van der Waals surface area contributed by atoms with Crippen LogP contribution in [-0.2, 0) is 20.9 Å². The summed E-state index contributed by atoms with van der Waals surface area (Å²) >= 11 is 0. The van der Waals surface area contributed by atoms with Crippen LogP contribution in [0.15, 0.2) is 108 Å². The summed E-state index contributed by atoms with van der Waals surface area (Å²) in [5, 5.41) is 27.1. The number of ether oxygens (including phenoxy) is 4. The van der Waals surface area contributed by atoms with Gasteiger partial charge in [0.1, 0.15) is 28.9 Å². The second-order valence-corrected chi connectivity index (χ2v) is 18.3. The Hall–Kier alpha value is -5.16. The van der Waals surface area contributed by atoms with E-state index in [1.807, 2.05) is 64.1 Å². The molecule has 10 heteroatoms. The second-order valence-electron chi connectivity index (χ2n) is 18.3. The van der Waals surface area contributed by atoms with Gasteiger partial charge < -0.3 is 34.0 Å². The third-order valence-corrected chi connectivity index (χ3v) is 12.9. The molecule has 6 atom stereocenters. The molecule has 4 aromatic rings. The monoisotopic (exact) mass is 858 g/mol. The summed E-state index contributed by atoms with van der Waals surface area (Å²) in [6, 6.07) is 25.8. The molecule has 1 aliphatic heterocycles. The summed E-state index contributed by atoms with van der Waals surface area (Å²) in [6.07, 6.45) is 8.54. The molecular weight excluding hydrogens is 793 g/mol. The summed E-state index contributed by atoms with van der Waals surface area (Å²) in [4.78, 5) is 22.8. The lowest BCUT2D eigenvalue weighted by atomic mass is 9.55. The van der Waals surface area contributed by atoms with Gasteiger partial charge in [-0.15, -0.1) is 6.58 Å². The summed E-state index contributed by atoms with van der Waals surface area (Å²) in [7, 11) is 0. The summed E-state index contributed by atoms with van der Waals surface area (Å²) in [5.74, 6) is 0.125. The zero-order chi connectivity index (χ0) is 44.7. The maximum atomic E-state index is 14.7. The lowest BCUT2D eigenvalue weighted by Crippen LogP contribution is -2.70. The van der Waals surface area contributed by atoms with Crippen LogP contribution in [0.1, 0.15) is 101 Å². The maximum absolute atomic E-state index is 14.7. The van der Waals surface area contributed by atoms with E-state index in [2.05, 4.69) is 69.0 Å². The molecule has 7 rings (SSSR count). The summed E-state index contributed by atoms with van der Waals surface area (Å²) in [5.41, 5.74) is 5.37. The van der Waals surface area contributed by atoms with Crippen LogP contribution in [0, 0.1) is 31.6 Å². The number of hydrogen-bond donors (Lipinski definition) is 2. The minimum absolute atomic E-state index is 0.0628. The lowest BCUT2D eigenvalue weighted by Gasteiger charge is -2.60. The van der Waals surface area contributed by atoms with Crippen molar-refractivity contribution in [1.29, 1.82) is 0 Å². The molecule has 0 bridgehead atoms. The van der Waals surface area contributed by atoms with E-state index in [1.54, 1.807) is 11.0 Å². The van der Waals surface area contributed by atoms with Gasteiger partial charge in [0.15, 0.2) is 0 Å². The van der Waals surface area contributed by atoms with Crippen LogP contribution in [0.3, 0.4) is 0 Å². The van der Waals surface area contributed by atoms with E-state index in [9.17, 15) is 15.0 Å². The van der Waals surface area contributed by atoms with Crippen molar-refractivity contribution in [1.82, 2.24) is 4.90 Å². The quantitative estimate of drug-likeness (QED) is 0.0577. The third kappa shape index (κ3) is 9.99. The Balaban J connectivity index is 1.48. The first-order valence-electron chi connectivity index (χ1n) is 22.8. The average Bonchev–Trinajstić information content (AvgIpc) is 3.26. The van der Waals surface area contributed by atoms with E-state index < -0.39 is 29.4 Å². The zero-order valence-electron chi connectivity index (χ0n) is 38.0. The molecule has 1 heterocycles. The van der Waals surface area contributed by atoms with Crippen LogP contribution >= 0.6 is 0 Å². The average molecular weight is 859 g/mol. The number of fused-ring (bicyclic) bond motifs is 3. The van der Waals surface area contributed by atoms with Crippen LogP contribution in [0.2, 0.25) is 0 Å². The van der Waals surface area contributed by atoms with Crippen molar-refractivity contribution >= 4 is 22.6 Å². The van der Waals surface area contributed by atoms with Crippen LogP contribution in [0.5, 0.6) is 17.2 Å². The van der Waals surface area contributed by atoms with Gasteiger partial charge in [0.05, 0.1) is 31.4 Å². The third-order valence-electron chi connectivity index (χ3n) is 12.9. The Labute approximate surface area is 373 Å². The molecular formula is C53H66N2O8. The molecule has 336 valence electrons. The van der Waals surface area contributed by atoms with E-state index in [1.165, 1.54) is 5.56 Å². The Morgan fingerprint density at radius 1 is 0.937 bits per heavy atom. The molecule has 2 N–H and O–H groups in total. The fraction of sp³-hybridized carbons (Fsp3) is 0.472. The molecule has 4 aromatic carbocycles. The number of allylic oxidation sites excluding steroid dienone is 1. The maximum Gasteiger partial charge on any atom is 0.410 e. The largest absolute Gasteiger partial charge is 0.459 e. The van der Waals surface area contributed by atoms with Gasteiger partial charge >= 0.3 is 6.09 Å².